The van der Waals surface area contributed by atoms with E-state index in [1.165, 1.54) is 0 Å². The van der Waals surface area contributed by atoms with Gasteiger partial charge in [-0.25, -0.2) is 0 Å². The van der Waals surface area contributed by atoms with Crippen molar-refractivity contribution in [3.8, 4) is 0 Å². The standard InChI is InChI=1S/3FH.Zn/h3*1H;/q;;;+2/p-3. The first-order valence-corrected chi connectivity index (χ1v) is 0. The Balaban J connectivity index is 0. The fraction of sp³-hybridized carbons (Fsp3) is 0. The summed E-state index contributed by atoms with van der Waals surface area (Å²) in [4.78, 5) is 0. The largest absolute Gasteiger partial charge is 2.00 e. The Bertz CT molecular complexity index is 3.25. The Morgan fingerprint density at radius 2 is 0.500 bits per heavy atom. The van der Waals surface area contributed by atoms with Crippen LogP contribution in [0.15, 0.2) is 0 Å². The SMILES string of the molecule is [F-].[F-].[F-].[Zn+2]. The number of halogens is 3. The van der Waals surface area contributed by atoms with Gasteiger partial charge in [-0.1, -0.05) is 0 Å². The molecule has 0 nitrogen and oxygen atoms in total. The summed E-state index contributed by atoms with van der Waals surface area (Å²) < 4.78 is 0. The molecule has 0 amide bonds. The van der Waals surface area contributed by atoms with E-state index in [2.05, 4.69) is 0 Å². The van der Waals surface area contributed by atoms with Crippen molar-refractivity contribution < 1.29 is 33.6 Å². The average molecular weight is 122 g/mol. The zero-order valence-corrected chi connectivity index (χ0v) is 4.81. The maximum Gasteiger partial charge on any atom is 2.00 e. The topological polar surface area (TPSA) is 0 Å². The van der Waals surface area contributed by atoms with Gasteiger partial charge < -0.3 is 14.1 Å². The summed E-state index contributed by atoms with van der Waals surface area (Å²) in [5.41, 5.74) is 0. The Morgan fingerprint density at radius 3 is 0.500 bits per heavy atom. The molecular formula is F3Zn-. The molecule has 0 rings (SSSR count). The normalized spacial score (nSPS) is 0. The first-order valence-electron chi connectivity index (χ1n) is 0. The first-order chi connectivity index (χ1) is 0. The van der Waals surface area contributed by atoms with Crippen LogP contribution in [0.1, 0.15) is 0 Å². The molecule has 0 aromatic rings. The van der Waals surface area contributed by atoms with Crippen LogP contribution in [0.5, 0.6) is 0 Å². The molecule has 24 valence electrons. The van der Waals surface area contributed by atoms with Gasteiger partial charge in [-0.3, -0.25) is 0 Å². The average Bonchev–Trinajstić information content (AvgIpc) is 0. The van der Waals surface area contributed by atoms with E-state index < -0.39 is 0 Å². The van der Waals surface area contributed by atoms with Gasteiger partial charge in [-0.05, 0) is 0 Å². The number of hydrogen-bond acceptors (Lipinski definition) is 0. The molecule has 0 saturated heterocycles. The van der Waals surface area contributed by atoms with Crippen molar-refractivity contribution in [1.29, 1.82) is 0 Å². The van der Waals surface area contributed by atoms with Gasteiger partial charge >= 0.3 is 19.5 Å². The molecule has 0 fully saturated rings. The summed E-state index contributed by atoms with van der Waals surface area (Å²) in [5.74, 6) is 0. The van der Waals surface area contributed by atoms with Crippen molar-refractivity contribution in [2.75, 3.05) is 0 Å². The Morgan fingerprint density at radius 1 is 0.500 bits per heavy atom. The van der Waals surface area contributed by atoms with Crippen molar-refractivity contribution in [3.63, 3.8) is 0 Å². The van der Waals surface area contributed by atoms with Crippen LogP contribution in [0, 0.1) is 0 Å². The summed E-state index contributed by atoms with van der Waals surface area (Å²) in [6.07, 6.45) is 0. The van der Waals surface area contributed by atoms with Crippen LogP contribution in [0.2, 0.25) is 0 Å². The maximum absolute atomic E-state index is 0. The third kappa shape index (κ3) is 28.2. The molecule has 0 aliphatic carbocycles. The van der Waals surface area contributed by atoms with E-state index in [1.807, 2.05) is 0 Å². The third-order valence-corrected chi connectivity index (χ3v) is 0. The maximum atomic E-state index is 0. The summed E-state index contributed by atoms with van der Waals surface area (Å²) in [6.45, 7) is 0. The summed E-state index contributed by atoms with van der Waals surface area (Å²) in [5, 5.41) is 0. The fourth-order valence-electron chi connectivity index (χ4n) is 0. The Kier molecular flexibility index (Phi) is 8750. The molecule has 0 bridgehead atoms. The number of hydrogen-bond donors (Lipinski definition) is 0. The van der Waals surface area contributed by atoms with E-state index >= 15 is 0 Å². The quantitative estimate of drug-likeness (QED) is 0.280. The van der Waals surface area contributed by atoms with E-state index in [9.17, 15) is 0 Å². The van der Waals surface area contributed by atoms with E-state index in [0.29, 0.717) is 0 Å². The third-order valence-electron chi connectivity index (χ3n) is 0. The van der Waals surface area contributed by atoms with Crippen LogP contribution in [0.3, 0.4) is 0 Å². The molecule has 4 heavy (non-hydrogen) atoms. The van der Waals surface area contributed by atoms with Gasteiger partial charge in [0.25, 0.3) is 0 Å². The first kappa shape index (κ1) is 301. The van der Waals surface area contributed by atoms with Gasteiger partial charge in [0.1, 0.15) is 0 Å². The van der Waals surface area contributed by atoms with E-state index in [4.69, 9.17) is 0 Å². The van der Waals surface area contributed by atoms with Crippen molar-refractivity contribution >= 4 is 0 Å². The fourth-order valence-corrected chi connectivity index (χ4v) is 0. The minimum absolute atomic E-state index is 0. The van der Waals surface area contributed by atoms with Gasteiger partial charge in [-0.2, -0.15) is 0 Å². The molecule has 0 N–H and O–H groups in total. The molecule has 0 saturated carbocycles. The molecule has 4 heteroatoms. The van der Waals surface area contributed by atoms with Crippen molar-refractivity contribution in [1.82, 2.24) is 0 Å². The molecule has 0 radical (unpaired) electrons. The van der Waals surface area contributed by atoms with Crippen molar-refractivity contribution in [2.45, 2.75) is 0 Å². The van der Waals surface area contributed by atoms with Crippen LogP contribution in [0.25, 0.3) is 0 Å². The molecule has 0 heterocycles. The molecule has 0 unspecified atom stereocenters. The van der Waals surface area contributed by atoms with Gasteiger partial charge in [0.05, 0.1) is 0 Å². The summed E-state index contributed by atoms with van der Waals surface area (Å²) >= 11 is 0. The monoisotopic (exact) mass is 121 g/mol. The summed E-state index contributed by atoms with van der Waals surface area (Å²) in [6, 6.07) is 0. The van der Waals surface area contributed by atoms with Crippen LogP contribution < -0.4 is 14.1 Å². The second kappa shape index (κ2) is 116. The predicted octanol–water partition coefficient (Wildman–Crippen LogP) is -8.99. The van der Waals surface area contributed by atoms with Crippen LogP contribution in [0.4, 0.5) is 0 Å². The molecule has 0 aromatic heterocycles. The zero-order chi connectivity index (χ0) is 0. The van der Waals surface area contributed by atoms with Crippen molar-refractivity contribution in [3.05, 3.63) is 0 Å². The van der Waals surface area contributed by atoms with E-state index in [-0.39, 0.29) is 33.6 Å². The molecule has 0 aromatic carbocycles. The Labute approximate surface area is 34.4 Å². The van der Waals surface area contributed by atoms with Gasteiger partial charge in [-0.15, -0.1) is 0 Å². The van der Waals surface area contributed by atoms with Gasteiger partial charge in [0.15, 0.2) is 0 Å². The molecule has 0 atom stereocenters. The van der Waals surface area contributed by atoms with Crippen LogP contribution in [-0.4, -0.2) is 0 Å². The van der Waals surface area contributed by atoms with Gasteiger partial charge in [0.2, 0.25) is 0 Å². The molecule has 0 spiro atoms. The second-order valence-corrected chi connectivity index (χ2v) is 0. The van der Waals surface area contributed by atoms with Crippen LogP contribution >= 0.6 is 0 Å². The number of rotatable bonds is 0. The predicted molar refractivity (Wildman–Crippen MR) is 0 cm³/mol. The van der Waals surface area contributed by atoms with Gasteiger partial charge in [0, 0.05) is 0 Å². The minimum Gasteiger partial charge on any atom is -1.00 e. The van der Waals surface area contributed by atoms with E-state index in [1.54, 1.807) is 0 Å². The molecule has 0 aliphatic heterocycles. The second-order valence-electron chi connectivity index (χ2n) is 0. The summed E-state index contributed by atoms with van der Waals surface area (Å²) in [7, 11) is 0. The van der Waals surface area contributed by atoms with E-state index in [0.717, 1.165) is 0 Å². The Hall–Kier alpha value is 0.413. The zero-order valence-electron chi connectivity index (χ0n) is 1.84. The smallest absolute Gasteiger partial charge is 1.00 e. The minimum atomic E-state index is 0. The van der Waals surface area contributed by atoms with Crippen molar-refractivity contribution in [2.24, 2.45) is 0 Å². The molecule has 0 aliphatic rings. The van der Waals surface area contributed by atoms with Crippen LogP contribution in [-0.2, 0) is 19.5 Å². The molecular weight excluding hydrogens is 122 g/mol.